The standard InChI is InChI=1S/C19H19N3O3S/c1-12-6-7-14(9-13(12)2)20-17(23)11-22-18(24)16(26-19(22)25)10-15-5-4-8-21(15)3/h4-10H,11H2,1-3H3,(H,20,23)/b16-10+. The zero-order valence-electron chi connectivity index (χ0n) is 14.8. The Morgan fingerprint density at radius 3 is 2.62 bits per heavy atom. The maximum Gasteiger partial charge on any atom is 0.294 e. The lowest BCUT2D eigenvalue weighted by atomic mass is 10.1. The second kappa shape index (κ2) is 7.21. The molecule has 134 valence electrons. The van der Waals surface area contributed by atoms with Gasteiger partial charge in [0.25, 0.3) is 11.1 Å². The quantitative estimate of drug-likeness (QED) is 0.840. The first-order chi connectivity index (χ1) is 12.3. The minimum absolute atomic E-state index is 0.304. The largest absolute Gasteiger partial charge is 0.351 e. The lowest BCUT2D eigenvalue weighted by Gasteiger charge is -2.13. The number of amides is 3. The summed E-state index contributed by atoms with van der Waals surface area (Å²) in [6.45, 7) is 3.64. The van der Waals surface area contributed by atoms with Crippen LogP contribution in [0.4, 0.5) is 10.5 Å². The minimum atomic E-state index is -0.448. The molecule has 0 spiro atoms. The molecule has 0 aliphatic carbocycles. The molecule has 3 amide bonds. The lowest BCUT2D eigenvalue weighted by Crippen LogP contribution is -2.36. The Morgan fingerprint density at radius 1 is 1.19 bits per heavy atom. The first kappa shape index (κ1) is 18.0. The van der Waals surface area contributed by atoms with E-state index in [9.17, 15) is 14.4 Å². The van der Waals surface area contributed by atoms with E-state index < -0.39 is 17.1 Å². The Balaban J connectivity index is 1.69. The molecule has 3 rings (SSSR count). The number of carbonyl (C=O) groups is 3. The van der Waals surface area contributed by atoms with Crippen molar-refractivity contribution in [2.75, 3.05) is 11.9 Å². The monoisotopic (exact) mass is 369 g/mol. The van der Waals surface area contributed by atoms with Crippen LogP contribution in [0.15, 0.2) is 41.4 Å². The molecular formula is C19H19N3O3S. The molecule has 1 aliphatic rings. The summed E-state index contributed by atoms with van der Waals surface area (Å²) < 4.78 is 1.85. The zero-order chi connectivity index (χ0) is 18.8. The molecule has 1 N–H and O–H groups in total. The van der Waals surface area contributed by atoms with E-state index in [1.54, 1.807) is 12.1 Å². The van der Waals surface area contributed by atoms with Crippen molar-refractivity contribution in [3.63, 3.8) is 0 Å². The summed E-state index contributed by atoms with van der Waals surface area (Å²) in [4.78, 5) is 38.1. The van der Waals surface area contributed by atoms with Gasteiger partial charge >= 0.3 is 0 Å². The van der Waals surface area contributed by atoms with Crippen molar-refractivity contribution in [1.29, 1.82) is 0 Å². The van der Waals surface area contributed by atoms with Gasteiger partial charge in [-0.3, -0.25) is 19.3 Å². The highest BCUT2D eigenvalue weighted by Gasteiger charge is 2.36. The third kappa shape index (κ3) is 3.72. The molecule has 1 fully saturated rings. The average Bonchev–Trinajstić information content (AvgIpc) is 3.10. The molecular weight excluding hydrogens is 350 g/mol. The fourth-order valence-electron chi connectivity index (χ4n) is 2.56. The zero-order valence-corrected chi connectivity index (χ0v) is 15.6. The number of nitrogens with zero attached hydrogens (tertiary/aromatic N) is 2. The van der Waals surface area contributed by atoms with E-state index in [1.165, 1.54) is 0 Å². The molecule has 0 radical (unpaired) electrons. The number of aromatic nitrogens is 1. The first-order valence-electron chi connectivity index (χ1n) is 8.09. The number of anilines is 1. The number of nitrogens with one attached hydrogen (secondary N) is 1. The van der Waals surface area contributed by atoms with Crippen LogP contribution in [-0.4, -0.2) is 33.1 Å². The van der Waals surface area contributed by atoms with Crippen LogP contribution < -0.4 is 5.32 Å². The number of hydrogen-bond donors (Lipinski definition) is 1. The van der Waals surface area contributed by atoms with E-state index in [2.05, 4.69) is 5.32 Å². The van der Waals surface area contributed by atoms with Gasteiger partial charge in [0.2, 0.25) is 5.91 Å². The molecule has 1 aromatic carbocycles. The molecule has 2 heterocycles. The van der Waals surface area contributed by atoms with Gasteiger partial charge in [0.15, 0.2) is 0 Å². The fraction of sp³-hybridized carbons (Fsp3) is 0.211. The second-order valence-corrected chi connectivity index (χ2v) is 7.15. The Bertz CT molecular complexity index is 930. The Hall–Kier alpha value is -2.80. The van der Waals surface area contributed by atoms with Gasteiger partial charge in [0.05, 0.1) is 4.91 Å². The number of aryl methyl sites for hydroxylation is 3. The predicted octanol–water partition coefficient (Wildman–Crippen LogP) is 3.32. The van der Waals surface area contributed by atoms with Gasteiger partial charge in [-0.2, -0.15) is 0 Å². The summed E-state index contributed by atoms with van der Waals surface area (Å²) >= 11 is 0.847. The van der Waals surface area contributed by atoms with Gasteiger partial charge in [-0.25, -0.2) is 0 Å². The number of benzene rings is 1. The van der Waals surface area contributed by atoms with Crippen LogP contribution in [0.5, 0.6) is 0 Å². The molecule has 0 atom stereocenters. The lowest BCUT2D eigenvalue weighted by molar-refractivity contribution is -0.127. The van der Waals surface area contributed by atoms with E-state index in [-0.39, 0.29) is 6.54 Å². The van der Waals surface area contributed by atoms with Crippen LogP contribution >= 0.6 is 11.8 Å². The van der Waals surface area contributed by atoms with E-state index in [0.29, 0.717) is 10.6 Å². The van der Waals surface area contributed by atoms with E-state index in [4.69, 9.17) is 0 Å². The molecule has 7 heteroatoms. The van der Waals surface area contributed by atoms with Gasteiger partial charge in [-0.1, -0.05) is 6.07 Å². The molecule has 0 saturated carbocycles. The molecule has 1 aliphatic heterocycles. The van der Waals surface area contributed by atoms with Crippen LogP contribution in [-0.2, 0) is 16.6 Å². The second-order valence-electron chi connectivity index (χ2n) is 6.16. The predicted molar refractivity (Wildman–Crippen MR) is 103 cm³/mol. The number of hydrogen-bond acceptors (Lipinski definition) is 4. The van der Waals surface area contributed by atoms with Gasteiger partial charge in [0.1, 0.15) is 6.54 Å². The maximum atomic E-state index is 12.5. The highest BCUT2D eigenvalue weighted by Crippen LogP contribution is 2.32. The van der Waals surface area contributed by atoms with Crippen LogP contribution in [0.3, 0.4) is 0 Å². The third-order valence-corrected chi connectivity index (χ3v) is 5.14. The molecule has 1 saturated heterocycles. The highest BCUT2D eigenvalue weighted by molar-refractivity contribution is 8.18. The first-order valence-corrected chi connectivity index (χ1v) is 8.90. The normalized spacial score (nSPS) is 15.8. The van der Waals surface area contributed by atoms with Gasteiger partial charge in [0, 0.05) is 24.6 Å². The van der Waals surface area contributed by atoms with Gasteiger partial charge in [-0.15, -0.1) is 0 Å². The SMILES string of the molecule is Cc1ccc(NC(=O)CN2C(=O)S/C(=C/c3cccn3C)C2=O)cc1C. The average molecular weight is 369 g/mol. The van der Waals surface area contributed by atoms with Crippen molar-refractivity contribution in [1.82, 2.24) is 9.47 Å². The van der Waals surface area contributed by atoms with Crippen molar-refractivity contribution in [2.24, 2.45) is 7.05 Å². The number of imide groups is 1. The molecule has 0 unspecified atom stereocenters. The molecule has 6 nitrogen and oxygen atoms in total. The summed E-state index contributed by atoms with van der Waals surface area (Å²) in [5.74, 6) is -0.855. The van der Waals surface area contributed by atoms with Crippen molar-refractivity contribution < 1.29 is 14.4 Å². The van der Waals surface area contributed by atoms with E-state index in [1.807, 2.05) is 55.9 Å². The van der Waals surface area contributed by atoms with Crippen LogP contribution in [0.2, 0.25) is 0 Å². The maximum absolute atomic E-state index is 12.5. The number of carbonyl (C=O) groups excluding carboxylic acids is 3. The summed E-state index contributed by atoms with van der Waals surface area (Å²) in [6.07, 6.45) is 3.51. The summed E-state index contributed by atoms with van der Waals surface area (Å²) in [5, 5.41) is 2.29. The van der Waals surface area contributed by atoms with Crippen molar-refractivity contribution in [2.45, 2.75) is 13.8 Å². The summed E-state index contributed by atoms with van der Waals surface area (Å²) in [7, 11) is 1.85. The number of thioether (sulfide) groups is 1. The third-order valence-electron chi connectivity index (χ3n) is 4.23. The minimum Gasteiger partial charge on any atom is -0.351 e. The Labute approximate surface area is 155 Å². The number of rotatable bonds is 4. The topological polar surface area (TPSA) is 71.4 Å². The Morgan fingerprint density at radius 2 is 1.96 bits per heavy atom. The van der Waals surface area contributed by atoms with Crippen molar-refractivity contribution in [3.8, 4) is 0 Å². The molecule has 2 aromatic rings. The fourth-order valence-corrected chi connectivity index (χ4v) is 3.38. The highest BCUT2D eigenvalue weighted by atomic mass is 32.2. The van der Waals surface area contributed by atoms with Crippen molar-refractivity contribution in [3.05, 3.63) is 58.3 Å². The smallest absolute Gasteiger partial charge is 0.294 e. The molecule has 26 heavy (non-hydrogen) atoms. The molecule has 0 bridgehead atoms. The van der Waals surface area contributed by atoms with Crippen molar-refractivity contribution >= 4 is 40.6 Å². The summed E-state index contributed by atoms with van der Waals surface area (Å²) in [5.41, 5.74) is 3.64. The van der Waals surface area contributed by atoms with E-state index in [0.717, 1.165) is 33.5 Å². The van der Waals surface area contributed by atoms with Crippen LogP contribution in [0.25, 0.3) is 6.08 Å². The van der Waals surface area contributed by atoms with Gasteiger partial charge < -0.3 is 9.88 Å². The molecule has 1 aromatic heterocycles. The summed E-state index contributed by atoms with van der Waals surface area (Å²) in [6, 6.07) is 9.26. The van der Waals surface area contributed by atoms with Crippen LogP contribution in [0, 0.1) is 13.8 Å². The van der Waals surface area contributed by atoms with Gasteiger partial charge in [-0.05, 0) is 67.1 Å². The van der Waals surface area contributed by atoms with Crippen LogP contribution in [0.1, 0.15) is 16.8 Å². The van der Waals surface area contributed by atoms with E-state index >= 15 is 0 Å². The Kier molecular flexibility index (Phi) is 4.99.